The highest BCUT2D eigenvalue weighted by Gasteiger charge is 2.34. The zero-order chi connectivity index (χ0) is 22.5. The second-order valence-electron chi connectivity index (χ2n) is 8.34. The zero-order valence-electron chi connectivity index (χ0n) is 18.3. The second kappa shape index (κ2) is 9.93. The summed E-state index contributed by atoms with van der Waals surface area (Å²) in [5.41, 5.74) is 1.51. The van der Waals surface area contributed by atoms with E-state index in [1.165, 1.54) is 36.3 Å². The minimum atomic E-state index is -0.423. The molecule has 0 spiro atoms. The molecule has 2 aliphatic heterocycles. The molecule has 1 unspecified atom stereocenters. The van der Waals surface area contributed by atoms with Gasteiger partial charge in [0.15, 0.2) is 0 Å². The Morgan fingerprint density at radius 2 is 1.88 bits per heavy atom. The van der Waals surface area contributed by atoms with E-state index in [2.05, 4.69) is 25.5 Å². The first-order valence-corrected chi connectivity index (χ1v) is 11.2. The van der Waals surface area contributed by atoms with Crippen molar-refractivity contribution >= 4 is 29.3 Å². The van der Waals surface area contributed by atoms with Crippen molar-refractivity contribution in [3.63, 3.8) is 0 Å². The highest BCUT2D eigenvalue weighted by atomic mass is 19.1. The van der Waals surface area contributed by atoms with Crippen LogP contribution in [0.3, 0.4) is 0 Å². The first kappa shape index (κ1) is 22.0. The van der Waals surface area contributed by atoms with Crippen LogP contribution in [0.2, 0.25) is 0 Å². The normalized spacial score (nSPS) is 18.7. The van der Waals surface area contributed by atoms with Gasteiger partial charge in [0.1, 0.15) is 11.6 Å². The van der Waals surface area contributed by atoms with Gasteiger partial charge in [0, 0.05) is 56.6 Å². The van der Waals surface area contributed by atoms with E-state index in [0.29, 0.717) is 31.3 Å². The average Bonchev–Trinajstić information content (AvgIpc) is 3.19. The highest BCUT2D eigenvalue weighted by Crippen LogP contribution is 2.25. The molecule has 8 nitrogen and oxygen atoms in total. The SMILES string of the molecule is Cc1cc(N2CCCCC2)nc(NCCNC(=O)C2CC(=O)N(c3ccc(F)cc3)C2)n1. The lowest BCUT2D eigenvalue weighted by atomic mass is 10.1. The van der Waals surface area contributed by atoms with E-state index in [-0.39, 0.29) is 24.1 Å². The molecule has 2 saturated heterocycles. The Labute approximate surface area is 187 Å². The predicted molar refractivity (Wildman–Crippen MR) is 121 cm³/mol. The number of hydrogen-bond acceptors (Lipinski definition) is 6. The number of carbonyl (C=O) groups is 2. The summed E-state index contributed by atoms with van der Waals surface area (Å²) in [6.07, 6.45) is 3.77. The number of rotatable bonds is 7. The summed E-state index contributed by atoms with van der Waals surface area (Å²) in [4.78, 5) is 37.7. The molecule has 2 fully saturated rings. The topological polar surface area (TPSA) is 90.5 Å². The minimum absolute atomic E-state index is 0.131. The smallest absolute Gasteiger partial charge is 0.227 e. The number of halogens is 1. The van der Waals surface area contributed by atoms with E-state index >= 15 is 0 Å². The van der Waals surface area contributed by atoms with E-state index in [9.17, 15) is 14.0 Å². The van der Waals surface area contributed by atoms with Gasteiger partial charge in [-0.15, -0.1) is 0 Å². The van der Waals surface area contributed by atoms with Crippen LogP contribution in [0.4, 0.5) is 21.8 Å². The number of benzene rings is 1. The number of piperidine rings is 1. The summed E-state index contributed by atoms with van der Waals surface area (Å²) in [7, 11) is 0. The molecule has 0 aliphatic carbocycles. The van der Waals surface area contributed by atoms with Crippen LogP contribution in [-0.4, -0.2) is 54.5 Å². The standard InChI is InChI=1S/C23H29FN6O2/c1-16-13-20(29-11-3-2-4-12-29)28-23(27-16)26-10-9-25-22(32)17-14-21(31)30(15-17)19-7-5-18(24)6-8-19/h5-8,13,17H,2-4,9-12,14-15H2,1H3,(H,25,32)(H,26,27,28). The fourth-order valence-corrected chi connectivity index (χ4v) is 4.17. The van der Waals surface area contributed by atoms with Crippen molar-refractivity contribution in [2.45, 2.75) is 32.6 Å². The number of carbonyl (C=O) groups excluding carboxylic acids is 2. The van der Waals surface area contributed by atoms with Crippen LogP contribution in [0, 0.1) is 18.7 Å². The van der Waals surface area contributed by atoms with Gasteiger partial charge in [0.2, 0.25) is 17.8 Å². The van der Waals surface area contributed by atoms with Crippen LogP contribution in [-0.2, 0) is 9.59 Å². The third-order valence-corrected chi connectivity index (χ3v) is 5.86. The summed E-state index contributed by atoms with van der Waals surface area (Å²) in [5, 5.41) is 6.07. The first-order chi connectivity index (χ1) is 15.5. The van der Waals surface area contributed by atoms with Crippen LogP contribution in [0.5, 0.6) is 0 Å². The maximum atomic E-state index is 13.1. The van der Waals surface area contributed by atoms with Gasteiger partial charge in [-0.1, -0.05) is 0 Å². The Morgan fingerprint density at radius 1 is 1.12 bits per heavy atom. The van der Waals surface area contributed by atoms with Crippen molar-refractivity contribution in [3.8, 4) is 0 Å². The van der Waals surface area contributed by atoms with E-state index in [4.69, 9.17) is 0 Å². The molecule has 0 radical (unpaired) electrons. The molecule has 1 aromatic heterocycles. The van der Waals surface area contributed by atoms with Gasteiger partial charge in [-0.05, 0) is 50.5 Å². The number of aromatic nitrogens is 2. The van der Waals surface area contributed by atoms with E-state index in [1.807, 2.05) is 13.0 Å². The van der Waals surface area contributed by atoms with Crippen molar-refractivity contribution in [3.05, 3.63) is 41.8 Å². The third-order valence-electron chi connectivity index (χ3n) is 5.86. The molecule has 2 amide bonds. The van der Waals surface area contributed by atoms with Crippen LogP contribution >= 0.6 is 0 Å². The molecule has 0 saturated carbocycles. The fourth-order valence-electron chi connectivity index (χ4n) is 4.17. The number of nitrogens with one attached hydrogen (secondary N) is 2. The Morgan fingerprint density at radius 3 is 2.62 bits per heavy atom. The lowest BCUT2D eigenvalue weighted by Crippen LogP contribution is -2.35. The number of nitrogens with zero attached hydrogens (tertiary/aromatic N) is 4. The first-order valence-electron chi connectivity index (χ1n) is 11.2. The molecule has 32 heavy (non-hydrogen) atoms. The minimum Gasteiger partial charge on any atom is -0.356 e. The summed E-state index contributed by atoms with van der Waals surface area (Å²) < 4.78 is 13.1. The molecule has 4 rings (SSSR count). The molecule has 1 aromatic carbocycles. The van der Waals surface area contributed by atoms with Gasteiger partial charge >= 0.3 is 0 Å². The molecule has 170 valence electrons. The number of hydrogen-bond donors (Lipinski definition) is 2. The van der Waals surface area contributed by atoms with Gasteiger partial charge in [-0.3, -0.25) is 9.59 Å². The summed E-state index contributed by atoms with van der Waals surface area (Å²) >= 11 is 0. The lowest BCUT2D eigenvalue weighted by Gasteiger charge is -2.28. The predicted octanol–water partition coefficient (Wildman–Crippen LogP) is 2.50. The van der Waals surface area contributed by atoms with Gasteiger partial charge < -0.3 is 20.4 Å². The quantitative estimate of drug-likeness (QED) is 0.643. The largest absolute Gasteiger partial charge is 0.356 e. The lowest BCUT2D eigenvalue weighted by molar-refractivity contribution is -0.126. The van der Waals surface area contributed by atoms with Crippen molar-refractivity contribution in [1.82, 2.24) is 15.3 Å². The average molecular weight is 441 g/mol. The van der Waals surface area contributed by atoms with Crippen molar-refractivity contribution in [1.29, 1.82) is 0 Å². The number of amides is 2. The number of aryl methyl sites for hydroxylation is 1. The molecule has 0 bridgehead atoms. The van der Waals surface area contributed by atoms with Gasteiger partial charge in [-0.2, -0.15) is 4.98 Å². The molecule has 9 heteroatoms. The molecule has 2 aromatic rings. The van der Waals surface area contributed by atoms with E-state index in [0.717, 1.165) is 24.6 Å². The maximum absolute atomic E-state index is 13.1. The Kier molecular flexibility index (Phi) is 6.82. The molecule has 3 heterocycles. The molecule has 2 aliphatic rings. The number of anilines is 3. The van der Waals surface area contributed by atoms with Crippen molar-refractivity contribution in [2.75, 3.05) is 47.8 Å². The van der Waals surface area contributed by atoms with Crippen molar-refractivity contribution < 1.29 is 14.0 Å². The summed E-state index contributed by atoms with van der Waals surface area (Å²) in [6, 6.07) is 7.73. The summed E-state index contributed by atoms with van der Waals surface area (Å²) in [6.45, 7) is 5.16. The van der Waals surface area contributed by atoms with E-state index in [1.54, 1.807) is 12.1 Å². The van der Waals surface area contributed by atoms with Crippen LogP contribution in [0.25, 0.3) is 0 Å². The third kappa shape index (κ3) is 5.33. The summed E-state index contributed by atoms with van der Waals surface area (Å²) in [5.74, 6) is 0.418. The van der Waals surface area contributed by atoms with Crippen LogP contribution in [0.15, 0.2) is 30.3 Å². The fraction of sp³-hybridized carbons (Fsp3) is 0.478. The maximum Gasteiger partial charge on any atom is 0.227 e. The molecule has 2 N–H and O–H groups in total. The van der Waals surface area contributed by atoms with Gasteiger partial charge in [0.25, 0.3) is 0 Å². The van der Waals surface area contributed by atoms with Gasteiger partial charge in [-0.25, -0.2) is 9.37 Å². The Balaban J connectivity index is 1.25. The van der Waals surface area contributed by atoms with Crippen molar-refractivity contribution in [2.24, 2.45) is 5.92 Å². The van der Waals surface area contributed by atoms with E-state index < -0.39 is 5.92 Å². The van der Waals surface area contributed by atoms with Crippen LogP contribution in [0.1, 0.15) is 31.4 Å². The zero-order valence-corrected chi connectivity index (χ0v) is 18.3. The Bertz CT molecular complexity index is 961. The monoisotopic (exact) mass is 440 g/mol. The molecular weight excluding hydrogens is 411 g/mol. The highest BCUT2D eigenvalue weighted by molar-refractivity contribution is 6.00. The van der Waals surface area contributed by atoms with Gasteiger partial charge in [0.05, 0.1) is 5.92 Å². The second-order valence-corrected chi connectivity index (χ2v) is 8.34. The molecule has 1 atom stereocenters. The Hall–Kier alpha value is -3.23. The molecular formula is C23H29FN6O2. The van der Waals surface area contributed by atoms with Crippen LogP contribution < -0.4 is 20.4 Å².